The van der Waals surface area contributed by atoms with Crippen LogP contribution in [-0.4, -0.2) is 39.3 Å². The first-order valence-electron chi connectivity index (χ1n) is 7.12. The third-order valence-corrected chi connectivity index (χ3v) is 4.75. The SMILES string of the molecule is Cc1c(Br)cccc1-c1noc(CN2CCC(O)CC2)n1. The van der Waals surface area contributed by atoms with Gasteiger partial charge in [-0.2, -0.15) is 4.98 Å². The van der Waals surface area contributed by atoms with Crippen LogP contribution in [0.3, 0.4) is 0 Å². The van der Waals surface area contributed by atoms with Crippen LogP contribution < -0.4 is 0 Å². The predicted octanol–water partition coefficient (Wildman–Crippen LogP) is 2.76. The van der Waals surface area contributed by atoms with Crippen molar-refractivity contribution in [1.29, 1.82) is 0 Å². The van der Waals surface area contributed by atoms with E-state index in [4.69, 9.17) is 4.52 Å². The van der Waals surface area contributed by atoms with Gasteiger partial charge in [-0.15, -0.1) is 0 Å². The molecule has 1 saturated heterocycles. The van der Waals surface area contributed by atoms with Gasteiger partial charge in [-0.3, -0.25) is 4.90 Å². The zero-order chi connectivity index (χ0) is 14.8. The molecule has 1 aliphatic rings. The minimum Gasteiger partial charge on any atom is -0.393 e. The number of benzene rings is 1. The van der Waals surface area contributed by atoms with Crippen LogP contribution in [0.5, 0.6) is 0 Å². The lowest BCUT2D eigenvalue weighted by Gasteiger charge is -2.27. The van der Waals surface area contributed by atoms with Crippen molar-refractivity contribution in [2.24, 2.45) is 0 Å². The number of rotatable bonds is 3. The van der Waals surface area contributed by atoms with E-state index in [1.165, 1.54) is 0 Å². The van der Waals surface area contributed by atoms with Gasteiger partial charge in [0.15, 0.2) is 0 Å². The smallest absolute Gasteiger partial charge is 0.241 e. The molecule has 0 radical (unpaired) electrons. The summed E-state index contributed by atoms with van der Waals surface area (Å²) < 4.78 is 6.40. The van der Waals surface area contributed by atoms with Gasteiger partial charge in [0.05, 0.1) is 12.6 Å². The second-order valence-electron chi connectivity index (χ2n) is 5.43. The topological polar surface area (TPSA) is 62.4 Å². The fraction of sp³-hybridized carbons (Fsp3) is 0.467. The molecule has 0 unspecified atom stereocenters. The number of halogens is 1. The molecule has 3 rings (SSSR count). The number of piperidine rings is 1. The molecular weight excluding hydrogens is 334 g/mol. The van der Waals surface area contributed by atoms with Crippen molar-refractivity contribution in [3.05, 3.63) is 34.1 Å². The van der Waals surface area contributed by atoms with Crippen LogP contribution in [0.2, 0.25) is 0 Å². The molecule has 1 aromatic carbocycles. The average Bonchev–Trinajstić information content (AvgIpc) is 2.93. The van der Waals surface area contributed by atoms with E-state index < -0.39 is 0 Å². The van der Waals surface area contributed by atoms with E-state index in [0.29, 0.717) is 18.3 Å². The summed E-state index contributed by atoms with van der Waals surface area (Å²) in [6.07, 6.45) is 1.46. The highest BCUT2D eigenvalue weighted by Crippen LogP contribution is 2.26. The van der Waals surface area contributed by atoms with E-state index in [1.54, 1.807) is 0 Å². The minimum absolute atomic E-state index is 0.163. The van der Waals surface area contributed by atoms with E-state index in [1.807, 2.05) is 25.1 Å². The van der Waals surface area contributed by atoms with Gasteiger partial charge in [0.1, 0.15) is 0 Å². The Balaban J connectivity index is 1.73. The molecule has 5 nitrogen and oxygen atoms in total. The molecule has 0 spiro atoms. The Hall–Kier alpha value is -1.24. The van der Waals surface area contributed by atoms with E-state index >= 15 is 0 Å². The molecule has 0 aliphatic carbocycles. The summed E-state index contributed by atoms with van der Waals surface area (Å²) in [5.74, 6) is 1.25. The first-order valence-corrected chi connectivity index (χ1v) is 7.91. The number of aliphatic hydroxyl groups is 1. The van der Waals surface area contributed by atoms with Crippen molar-refractivity contribution in [2.45, 2.75) is 32.4 Å². The van der Waals surface area contributed by atoms with Crippen LogP contribution in [-0.2, 0) is 6.54 Å². The van der Waals surface area contributed by atoms with Crippen molar-refractivity contribution < 1.29 is 9.63 Å². The van der Waals surface area contributed by atoms with Gasteiger partial charge in [0.25, 0.3) is 0 Å². The van der Waals surface area contributed by atoms with E-state index in [-0.39, 0.29) is 6.10 Å². The third-order valence-electron chi connectivity index (χ3n) is 3.89. The molecule has 1 aromatic heterocycles. The molecular formula is C15H18BrN3O2. The standard InChI is InChI=1S/C15H18BrN3O2/c1-10-12(3-2-4-13(10)16)15-17-14(21-18-15)9-19-7-5-11(20)6-8-19/h2-4,11,20H,5-9H2,1H3. The summed E-state index contributed by atoms with van der Waals surface area (Å²) in [5.41, 5.74) is 2.08. The lowest BCUT2D eigenvalue weighted by molar-refractivity contribution is 0.0740. The second kappa shape index (κ2) is 6.25. The maximum atomic E-state index is 9.52. The van der Waals surface area contributed by atoms with Crippen molar-refractivity contribution in [3.63, 3.8) is 0 Å². The number of aliphatic hydroxyl groups excluding tert-OH is 1. The van der Waals surface area contributed by atoms with E-state index in [0.717, 1.165) is 41.5 Å². The number of nitrogens with zero attached hydrogens (tertiary/aromatic N) is 3. The van der Waals surface area contributed by atoms with Gasteiger partial charge in [0.2, 0.25) is 11.7 Å². The first-order chi connectivity index (χ1) is 10.1. The Morgan fingerprint density at radius 1 is 1.38 bits per heavy atom. The molecule has 0 atom stereocenters. The average molecular weight is 352 g/mol. The fourth-order valence-corrected chi connectivity index (χ4v) is 2.91. The third kappa shape index (κ3) is 3.33. The van der Waals surface area contributed by atoms with Gasteiger partial charge in [-0.25, -0.2) is 0 Å². The molecule has 2 aromatic rings. The largest absolute Gasteiger partial charge is 0.393 e. The summed E-state index contributed by atoms with van der Waals surface area (Å²) in [5, 5.41) is 13.6. The van der Waals surface area contributed by atoms with Gasteiger partial charge < -0.3 is 9.63 Å². The monoisotopic (exact) mass is 351 g/mol. The highest BCUT2D eigenvalue weighted by atomic mass is 79.9. The molecule has 0 bridgehead atoms. The lowest BCUT2D eigenvalue weighted by Crippen LogP contribution is -2.35. The van der Waals surface area contributed by atoms with Gasteiger partial charge >= 0.3 is 0 Å². The Kier molecular flexibility index (Phi) is 4.37. The van der Waals surface area contributed by atoms with Crippen LogP contribution in [0.4, 0.5) is 0 Å². The Morgan fingerprint density at radius 3 is 2.90 bits per heavy atom. The molecule has 1 N–H and O–H groups in total. The van der Waals surface area contributed by atoms with Crippen molar-refractivity contribution in [3.8, 4) is 11.4 Å². The van der Waals surface area contributed by atoms with Crippen molar-refractivity contribution >= 4 is 15.9 Å². The molecule has 112 valence electrons. The fourth-order valence-electron chi connectivity index (χ4n) is 2.55. The molecule has 21 heavy (non-hydrogen) atoms. The molecule has 2 heterocycles. The van der Waals surface area contributed by atoms with Gasteiger partial charge in [-0.1, -0.05) is 33.2 Å². The van der Waals surface area contributed by atoms with Crippen LogP contribution in [0.15, 0.2) is 27.2 Å². The van der Waals surface area contributed by atoms with Gasteiger partial charge in [-0.05, 0) is 31.4 Å². The first kappa shape index (κ1) is 14.7. The number of aromatic nitrogens is 2. The Bertz CT molecular complexity index is 621. The molecule has 1 fully saturated rings. The molecule has 0 amide bonds. The van der Waals surface area contributed by atoms with Crippen LogP contribution in [0.25, 0.3) is 11.4 Å². The molecule has 1 aliphatic heterocycles. The van der Waals surface area contributed by atoms with Crippen LogP contribution >= 0.6 is 15.9 Å². The van der Waals surface area contributed by atoms with Crippen LogP contribution in [0.1, 0.15) is 24.3 Å². The highest BCUT2D eigenvalue weighted by Gasteiger charge is 2.20. The number of hydrogen-bond acceptors (Lipinski definition) is 5. The quantitative estimate of drug-likeness (QED) is 0.920. The highest BCUT2D eigenvalue weighted by molar-refractivity contribution is 9.10. The summed E-state index contributed by atoms with van der Waals surface area (Å²) in [4.78, 5) is 6.73. The normalized spacial score (nSPS) is 17.3. The summed E-state index contributed by atoms with van der Waals surface area (Å²) in [7, 11) is 0. The zero-order valence-corrected chi connectivity index (χ0v) is 13.5. The minimum atomic E-state index is -0.163. The molecule has 6 heteroatoms. The maximum Gasteiger partial charge on any atom is 0.241 e. The van der Waals surface area contributed by atoms with Crippen LogP contribution in [0, 0.1) is 6.92 Å². The lowest BCUT2D eigenvalue weighted by atomic mass is 10.1. The number of hydrogen-bond donors (Lipinski definition) is 1. The predicted molar refractivity (Wildman–Crippen MR) is 82.7 cm³/mol. The van der Waals surface area contributed by atoms with Crippen molar-refractivity contribution in [2.75, 3.05) is 13.1 Å². The number of likely N-dealkylation sites (tertiary alicyclic amines) is 1. The zero-order valence-electron chi connectivity index (χ0n) is 11.9. The second-order valence-corrected chi connectivity index (χ2v) is 6.29. The van der Waals surface area contributed by atoms with E-state index in [2.05, 4.69) is 31.0 Å². The Morgan fingerprint density at radius 2 is 2.14 bits per heavy atom. The summed E-state index contributed by atoms with van der Waals surface area (Å²) in [6.45, 7) is 4.41. The van der Waals surface area contributed by atoms with E-state index in [9.17, 15) is 5.11 Å². The summed E-state index contributed by atoms with van der Waals surface area (Å²) >= 11 is 3.52. The van der Waals surface area contributed by atoms with Crippen molar-refractivity contribution in [1.82, 2.24) is 15.0 Å². The van der Waals surface area contributed by atoms with Gasteiger partial charge in [0, 0.05) is 23.1 Å². The maximum absolute atomic E-state index is 9.52. The molecule has 0 saturated carbocycles. The Labute approximate surface area is 132 Å². The summed E-state index contributed by atoms with van der Waals surface area (Å²) in [6, 6.07) is 5.96.